The maximum absolute atomic E-state index is 12.6. The molecule has 0 radical (unpaired) electrons. The zero-order valence-electron chi connectivity index (χ0n) is 15.1. The lowest BCUT2D eigenvalue weighted by Crippen LogP contribution is -2.46. The molecule has 8 nitrogen and oxygen atoms in total. The normalized spacial score (nSPS) is 14.6. The zero-order chi connectivity index (χ0) is 19.2. The number of carbonyl (C=O) groups is 2. The molecule has 0 spiro atoms. The largest absolute Gasteiger partial charge is 0.494 e. The first-order valence-electron chi connectivity index (χ1n) is 8.95. The fourth-order valence-corrected chi connectivity index (χ4v) is 3.00. The number of likely N-dealkylation sites (tertiary alicyclic amines) is 1. The molecule has 1 aliphatic heterocycles. The van der Waals surface area contributed by atoms with E-state index in [-0.39, 0.29) is 29.1 Å². The van der Waals surface area contributed by atoms with Gasteiger partial charge in [-0.3, -0.25) is 14.4 Å². The number of nitrogens with zero attached hydrogens (tertiary/aromatic N) is 2. The van der Waals surface area contributed by atoms with Gasteiger partial charge in [-0.25, -0.2) is 5.10 Å². The molecule has 1 aliphatic rings. The van der Waals surface area contributed by atoms with E-state index in [0.717, 1.165) is 5.75 Å². The first-order valence-corrected chi connectivity index (χ1v) is 8.95. The molecule has 1 aromatic carbocycles. The third-order valence-corrected chi connectivity index (χ3v) is 4.44. The van der Waals surface area contributed by atoms with Gasteiger partial charge in [0.05, 0.1) is 6.61 Å². The molecule has 1 fully saturated rings. The van der Waals surface area contributed by atoms with Crippen molar-refractivity contribution in [2.45, 2.75) is 25.8 Å². The minimum atomic E-state index is -0.354. The van der Waals surface area contributed by atoms with Crippen molar-refractivity contribution in [2.75, 3.05) is 19.7 Å². The summed E-state index contributed by atoms with van der Waals surface area (Å²) in [6, 6.07) is 9.74. The summed E-state index contributed by atoms with van der Waals surface area (Å²) in [6.45, 7) is 3.63. The third kappa shape index (κ3) is 4.72. The fraction of sp³-hybridized carbons (Fsp3) is 0.368. The molecule has 1 saturated heterocycles. The molecule has 0 unspecified atom stereocenters. The Kier molecular flexibility index (Phi) is 5.85. The van der Waals surface area contributed by atoms with Crippen LogP contribution >= 0.6 is 0 Å². The number of ether oxygens (including phenoxy) is 1. The predicted molar refractivity (Wildman–Crippen MR) is 98.9 cm³/mol. The van der Waals surface area contributed by atoms with E-state index < -0.39 is 0 Å². The van der Waals surface area contributed by atoms with Gasteiger partial charge in [-0.1, -0.05) is 0 Å². The number of H-pyrrole nitrogens is 1. The number of benzene rings is 1. The van der Waals surface area contributed by atoms with Gasteiger partial charge in [-0.15, -0.1) is 0 Å². The summed E-state index contributed by atoms with van der Waals surface area (Å²) in [7, 11) is 0. The van der Waals surface area contributed by atoms with Crippen LogP contribution in [0.5, 0.6) is 5.75 Å². The Bertz CT molecular complexity index is 834. The second-order valence-corrected chi connectivity index (χ2v) is 6.30. The lowest BCUT2D eigenvalue weighted by molar-refractivity contribution is 0.0697. The van der Waals surface area contributed by atoms with Crippen LogP contribution in [0.1, 0.15) is 40.6 Å². The third-order valence-electron chi connectivity index (χ3n) is 4.44. The summed E-state index contributed by atoms with van der Waals surface area (Å²) in [4.78, 5) is 37.6. The van der Waals surface area contributed by atoms with Gasteiger partial charge in [-0.2, -0.15) is 5.10 Å². The Labute approximate surface area is 156 Å². The fourth-order valence-electron chi connectivity index (χ4n) is 3.00. The summed E-state index contributed by atoms with van der Waals surface area (Å²) in [6.07, 6.45) is 1.33. The van der Waals surface area contributed by atoms with E-state index in [1.807, 2.05) is 6.92 Å². The van der Waals surface area contributed by atoms with Gasteiger partial charge in [0, 0.05) is 30.8 Å². The molecular formula is C19H22N4O4. The highest BCUT2D eigenvalue weighted by molar-refractivity contribution is 5.94. The van der Waals surface area contributed by atoms with Gasteiger partial charge in [0.25, 0.3) is 17.4 Å². The van der Waals surface area contributed by atoms with Crippen LogP contribution in [0.2, 0.25) is 0 Å². The summed E-state index contributed by atoms with van der Waals surface area (Å²) in [5, 5.41) is 8.86. The van der Waals surface area contributed by atoms with Crippen molar-refractivity contribution in [3.8, 4) is 5.75 Å². The molecular weight excluding hydrogens is 348 g/mol. The Hall–Kier alpha value is -3.16. The first kappa shape index (κ1) is 18.6. The quantitative estimate of drug-likeness (QED) is 0.823. The second-order valence-electron chi connectivity index (χ2n) is 6.30. The van der Waals surface area contributed by atoms with Crippen LogP contribution in [-0.4, -0.2) is 52.6 Å². The van der Waals surface area contributed by atoms with Gasteiger partial charge >= 0.3 is 0 Å². The van der Waals surface area contributed by atoms with E-state index >= 15 is 0 Å². The maximum Gasteiger partial charge on any atom is 0.271 e. The molecule has 2 heterocycles. The van der Waals surface area contributed by atoms with Crippen molar-refractivity contribution < 1.29 is 14.3 Å². The van der Waals surface area contributed by atoms with Crippen LogP contribution in [-0.2, 0) is 0 Å². The van der Waals surface area contributed by atoms with Crippen molar-refractivity contribution in [2.24, 2.45) is 0 Å². The standard InChI is InChI=1S/C19H22N4O4/c1-2-27-15-5-3-13(4-6-15)19(26)23-11-9-14(10-12-23)20-18(25)16-7-8-17(24)22-21-16/h3-8,14H,2,9-12H2,1H3,(H,20,25)(H,22,24). The summed E-state index contributed by atoms with van der Waals surface area (Å²) in [5.41, 5.74) is 0.438. The second kappa shape index (κ2) is 8.48. The van der Waals surface area contributed by atoms with Crippen LogP contribution in [0.4, 0.5) is 0 Å². The van der Waals surface area contributed by atoms with Gasteiger partial charge < -0.3 is 15.0 Å². The van der Waals surface area contributed by atoms with Crippen LogP contribution < -0.4 is 15.6 Å². The number of nitrogens with one attached hydrogen (secondary N) is 2. The molecule has 142 valence electrons. The molecule has 3 rings (SSSR count). The van der Waals surface area contributed by atoms with Crippen LogP contribution in [0, 0.1) is 0 Å². The van der Waals surface area contributed by atoms with Crippen molar-refractivity contribution in [3.63, 3.8) is 0 Å². The molecule has 0 aliphatic carbocycles. The highest BCUT2D eigenvalue weighted by Crippen LogP contribution is 2.17. The number of rotatable bonds is 5. The predicted octanol–water partition coefficient (Wildman–Crippen LogP) is 1.20. The number of carbonyl (C=O) groups excluding carboxylic acids is 2. The van der Waals surface area contributed by atoms with Crippen LogP contribution in [0.3, 0.4) is 0 Å². The number of aromatic nitrogens is 2. The molecule has 1 aromatic heterocycles. The first-order chi connectivity index (χ1) is 13.1. The van der Waals surface area contributed by atoms with E-state index in [0.29, 0.717) is 38.1 Å². The lowest BCUT2D eigenvalue weighted by atomic mass is 10.0. The van der Waals surface area contributed by atoms with Gasteiger partial charge in [0.1, 0.15) is 11.4 Å². The summed E-state index contributed by atoms with van der Waals surface area (Å²) in [5.74, 6) is 0.388. The number of hydrogen-bond acceptors (Lipinski definition) is 5. The van der Waals surface area contributed by atoms with Gasteiger partial charge in [-0.05, 0) is 50.1 Å². The number of aromatic amines is 1. The van der Waals surface area contributed by atoms with E-state index in [1.165, 1.54) is 12.1 Å². The molecule has 2 amide bonds. The smallest absolute Gasteiger partial charge is 0.271 e. The Morgan fingerprint density at radius 1 is 1.19 bits per heavy atom. The van der Waals surface area contributed by atoms with Gasteiger partial charge in [0.2, 0.25) is 0 Å². The summed E-state index contributed by atoms with van der Waals surface area (Å²) < 4.78 is 5.39. The molecule has 2 N–H and O–H groups in total. The minimum Gasteiger partial charge on any atom is -0.494 e. The Balaban J connectivity index is 1.52. The molecule has 0 saturated carbocycles. The van der Waals surface area contributed by atoms with E-state index in [9.17, 15) is 14.4 Å². The van der Waals surface area contributed by atoms with Crippen molar-refractivity contribution in [3.05, 3.63) is 58.0 Å². The van der Waals surface area contributed by atoms with Crippen LogP contribution in [0.15, 0.2) is 41.2 Å². The zero-order valence-corrected chi connectivity index (χ0v) is 15.1. The SMILES string of the molecule is CCOc1ccc(C(=O)N2CCC(NC(=O)c3ccc(=O)[nH]n3)CC2)cc1. The molecule has 0 bridgehead atoms. The molecule has 0 atom stereocenters. The molecule has 8 heteroatoms. The molecule has 27 heavy (non-hydrogen) atoms. The summed E-state index contributed by atoms with van der Waals surface area (Å²) >= 11 is 0. The average molecular weight is 370 g/mol. The van der Waals surface area contributed by atoms with E-state index in [2.05, 4.69) is 15.5 Å². The Morgan fingerprint density at radius 3 is 2.48 bits per heavy atom. The number of piperidine rings is 1. The minimum absolute atomic E-state index is 0.0230. The maximum atomic E-state index is 12.6. The van der Waals surface area contributed by atoms with Crippen LogP contribution in [0.25, 0.3) is 0 Å². The van der Waals surface area contributed by atoms with E-state index in [4.69, 9.17) is 4.74 Å². The monoisotopic (exact) mass is 370 g/mol. The topological polar surface area (TPSA) is 104 Å². The van der Waals surface area contributed by atoms with Gasteiger partial charge in [0.15, 0.2) is 0 Å². The average Bonchev–Trinajstić information content (AvgIpc) is 2.69. The van der Waals surface area contributed by atoms with Crippen molar-refractivity contribution in [1.82, 2.24) is 20.4 Å². The van der Waals surface area contributed by atoms with Crippen molar-refractivity contribution in [1.29, 1.82) is 0 Å². The van der Waals surface area contributed by atoms with Crippen molar-refractivity contribution >= 4 is 11.8 Å². The Morgan fingerprint density at radius 2 is 1.89 bits per heavy atom. The lowest BCUT2D eigenvalue weighted by Gasteiger charge is -2.32. The number of hydrogen-bond donors (Lipinski definition) is 2. The highest BCUT2D eigenvalue weighted by atomic mass is 16.5. The molecule has 2 aromatic rings. The highest BCUT2D eigenvalue weighted by Gasteiger charge is 2.25. The van der Waals surface area contributed by atoms with E-state index in [1.54, 1.807) is 29.2 Å². The number of amides is 2.